The largest absolute Gasteiger partial charge is 0.371 e. The van der Waals surface area contributed by atoms with E-state index in [1.807, 2.05) is 41.3 Å². The summed E-state index contributed by atoms with van der Waals surface area (Å²) in [5.74, 6) is 1.81. The lowest BCUT2D eigenvalue weighted by Gasteiger charge is -2.37. The number of aromatic nitrogens is 4. The van der Waals surface area contributed by atoms with Gasteiger partial charge in [0.05, 0.1) is 0 Å². The molecule has 5 rings (SSSR count). The van der Waals surface area contributed by atoms with Gasteiger partial charge >= 0.3 is 6.03 Å². The van der Waals surface area contributed by atoms with Crippen LogP contribution in [0, 0.1) is 20.8 Å². The van der Waals surface area contributed by atoms with E-state index in [2.05, 4.69) is 49.5 Å². The van der Waals surface area contributed by atoms with Crippen LogP contribution in [-0.2, 0) is 13.0 Å². The first-order valence-electron chi connectivity index (χ1n) is 14.1. The van der Waals surface area contributed by atoms with E-state index in [4.69, 9.17) is 0 Å². The standard InChI is InChI=1S/C29H40N8O2/c1-21-10-13-30-27(21)28(38)35-17-19-36(20-18-35)29(39)32-25-11-15-34(16-12-25)26-8-6-24(7-9-26)5-4-14-37-23(3)31-22(2)33-37/h6-10,13,25,30H,4-5,11-12,14-20H2,1-3H3,(H,32,39). The zero-order valence-electron chi connectivity index (χ0n) is 23.3. The quantitative estimate of drug-likeness (QED) is 0.486. The molecule has 2 aromatic heterocycles. The van der Waals surface area contributed by atoms with E-state index in [1.165, 1.54) is 11.3 Å². The smallest absolute Gasteiger partial charge is 0.317 e. The van der Waals surface area contributed by atoms with Gasteiger partial charge in [-0.1, -0.05) is 12.1 Å². The van der Waals surface area contributed by atoms with Crippen molar-refractivity contribution in [1.29, 1.82) is 0 Å². The Morgan fingerprint density at radius 1 is 0.949 bits per heavy atom. The third-order valence-electron chi connectivity index (χ3n) is 7.95. The minimum Gasteiger partial charge on any atom is -0.371 e. The van der Waals surface area contributed by atoms with Crippen molar-refractivity contribution in [1.82, 2.24) is 34.9 Å². The zero-order chi connectivity index (χ0) is 27.4. The van der Waals surface area contributed by atoms with Crippen molar-refractivity contribution in [3.63, 3.8) is 0 Å². The van der Waals surface area contributed by atoms with Gasteiger partial charge in [-0.3, -0.25) is 9.48 Å². The molecule has 0 aliphatic carbocycles. The number of hydrogen-bond donors (Lipinski definition) is 2. The molecular formula is C29H40N8O2. The number of carbonyl (C=O) groups excluding carboxylic acids is 2. The fourth-order valence-electron chi connectivity index (χ4n) is 5.58. The van der Waals surface area contributed by atoms with Crippen LogP contribution in [0.1, 0.15) is 52.5 Å². The van der Waals surface area contributed by atoms with Crippen LogP contribution < -0.4 is 10.2 Å². The highest BCUT2D eigenvalue weighted by molar-refractivity contribution is 5.94. The number of nitrogens with one attached hydrogen (secondary N) is 2. The van der Waals surface area contributed by atoms with Crippen LogP contribution >= 0.6 is 0 Å². The Morgan fingerprint density at radius 2 is 1.64 bits per heavy atom. The van der Waals surface area contributed by atoms with Crippen LogP contribution in [0.25, 0.3) is 0 Å². The van der Waals surface area contributed by atoms with Gasteiger partial charge in [-0.25, -0.2) is 9.78 Å². The van der Waals surface area contributed by atoms with Gasteiger partial charge in [-0.2, -0.15) is 5.10 Å². The van der Waals surface area contributed by atoms with Crippen molar-refractivity contribution in [2.24, 2.45) is 0 Å². The summed E-state index contributed by atoms with van der Waals surface area (Å²) in [5, 5.41) is 7.67. The number of carbonyl (C=O) groups is 2. The van der Waals surface area contributed by atoms with E-state index < -0.39 is 0 Å². The average molecular weight is 533 g/mol. The van der Waals surface area contributed by atoms with Crippen molar-refractivity contribution in [2.75, 3.05) is 44.2 Å². The van der Waals surface area contributed by atoms with Gasteiger partial charge in [-0.05, 0) is 75.8 Å². The molecule has 4 heterocycles. The Balaban J connectivity index is 1.02. The van der Waals surface area contributed by atoms with E-state index in [9.17, 15) is 9.59 Å². The molecule has 2 aliphatic rings. The Hall–Kier alpha value is -3.82. The van der Waals surface area contributed by atoms with Crippen LogP contribution in [-0.4, -0.2) is 86.8 Å². The number of aryl methyl sites for hydroxylation is 5. The molecule has 0 atom stereocenters. The van der Waals surface area contributed by atoms with Crippen molar-refractivity contribution in [3.8, 4) is 0 Å². The SMILES string of the molecule is Cc1nc(C)n(CCCc2ccc(N3CCC(NC(=O)N4CCN(C(=O)c5[nH]ccc5C)CC4)CC3)cc2)n1. The average Bonchev–Trinajstić information content (AvgIpc) is 3.52. The molecule has 10 nitrogen and oxygen atoms in total. The maximum absolute atomic E-state index is 12.9. The molecule has 3 amide bonds. The second-order valence-electron chi connectivity index (χ2n) is 10.7. The van der Waals surface area contributed by atoms with Gasteiger partial charge in [0.15, 0.2) is 0 Å². The number of hydrogen-bond acceptors (Lipinski definition) is 5. The summed E-state index contributed by atoms with van der Waals surface area (Å²) in [6.45, 7) is 10.8. The van der Waals surface area contributed by atoms with Crippen LogP contribution in [0.2, 0.25) is 0 Å². The van der Waals surface area contributed by atoms with E-state index >= 15 is 0 Å². The summed E-state index contributed by atoms with van der Waals surface area (Å²) >= 11 is 0. The number of urea groups is 1. The maximum atomic E-state index is 12.9. The maximum Gasteiger partial charge on any atom is 0.317 e. The summed E-state index contributed by atoms with van der Waals surface area (Å²) in [7, 11) is 0. The van der Waals surface area contributed by atoms with Crippen molar-refractivity contribution in [3.05, 3.63) is 65.0 Å². The molecule has 0 unspecified atom stereocenters. The molecular weight excluding hydrogens is 492 g/mol. The van der Waals surface area contributed by atoms with E-state index in [1.54, 1.807) is 6.20 Å². The normalized spacial score (nSPS) is 16.5. The third kappa shape index (κ3) is 6.43. The summed E-state index contributed by atoms with van der Waals surface area (Å²) in [6, 6.07) is 11.0. The molecule has 10 heteroatoms. The number of nitrogens with zero attached hydrogens (tertiary/aromatic N) is 6. The number of amides is 3. The molecule has 39 heavy (non-hydrogen) atoms. The molecule has 0 radical (unpaired) electrons. The van der Waals surface area contributed by atoms with Crippen molar-refractivity contribution < 1.29 is 9.59 Å². The zero-order valence-corrected chi connectivity index (χ0v) is 23.3. The molecule has 2 saturated heterocycles. The number of aromatic amines is 1. The molecule has 0 spiro atoms. The van der Waals surface area contributed by atoms with Gasteiger partial charge in [0.1, 0.15) is 17.3 Å². The lowest BCUT2D eigenvalue weighted by atomic mass is 10.0. The predicted octanol–water partition coefficient (Wildman–Crippen LogP) is 3.30. The third-order valence-corrected chi connectivity index (χ3v) is 7.95. The fraction of sp³-hybridized carbons (Fsp3) is 0.517. The molecule has 0 bridgehead atoms. The first kappa shape index (κ1) is 26.8. The summed E-state index contributed by atoms with van der Waals surface area (Å²) in [4.78, 5) is 39.1. The summed E-state index contributed by atoms with van der Waals surface area (Å²) in [5.41, 5.74) is 4.17. The Bertz CT molecular complexity index is 1260. The minimum absolute atomic E-state index is 0.00917. The molecule has 1 aromatic carbocycles. The van der Waals surface area contributed by atoms with Crippen LogP contribution in [0.15, 0.2) is 36.5 Å². The molecule has 0 saturated carbocycles. The second-order valence-corrected chi connectivity index (χ2v) is 10.7. The minimum atomic E-state index is -0.0165. The number of rotatable bonds is 7. The highest BCUT2D eigenvalue weighted by Gasteiger charge is 2.28. The molecule has 3 aromatic rings. The number of piperazine rings is 1. The molecule has 2 fully saturated rings. The van der Waals surface area contributed by atoms with Crippen LogP contribution in [0.3, 0.4) is 0 Å². The van der Waals surface area contributed by atoms with Crippen molar-refractivity contribution in [2.45, 2.75) is 59.0 Å². The topological polar surface area (TPSA) is 102 Å². The number of H-pyrrole nitrogens is 1. The highest BCUT2D eigenvalue weighted by Crippen LogP contribution is 2.22. The van der Waals surface area contributed by atoms with Gasteiger partial charge in [0.2, 0.25) is 0 Å². The second kappa shape index (κ2) is 11.9. The lowest BCUT2D eigenvalue weighted by molar-refractivity contribution is 0.0657. The highest BCUT2D eigenvalue weighted by atomic mass is 16.2. The van der Waals surface area contributed by atoms with Gasteiger partial charge < -0.3 is 25.0 Å². The number of piperidine rings is 1. The van der Waals surface area contributed by atoms with Gasteiger partial charge in [-0.15, -0.1) is 0 Å². The molecule has 2 aliphatic heterocycles. The van der Waals surface area contributed by atoms with Crippen LogP contribution in [0.4, 0.5) is 10.5 Å². The van der Waals surface area contributed by atoms with E-state index in [-0.39, 0.29) is 18.0 Å². The number of anilines is 1. The summed E-state index contributed by atoms with van der Waals surface area (Å²) < 4.78 is 1.99. The van der Waals surface area contributed by atoms with E-state index in [0.29, 0.717) is 31.9 Å². The Morgan fingerprint density at radius 3 is 2.26 bits per heavy atom. The van der Waals surface area contributed by atoms with E-state index in [0.717, 1.165) is 62.5 Å². The Labute approximate surface area is 230 Å². The van der Waals surface area contributed by atoms with Crippen molar-refractivity contribution >= 4 is 17.6 Å². The fourth-order valence-corrected chi connectivity index (χ4v) is 5.58. The lowest BCUT2D eigenvalue weighted by Crippen LogP contribution is -2.55. The Kier molecular flexibility index (Phi) is 8.18. The number of benzene rings is 1. The molecule has 2 N–H and O–H groups in total. The van der Waals surface area contributed by atoms with Crippen LogP contribution in [0.5, 0.6) is 0 Å². The van der Waals surface area contributed by atoms with Gasteiger partial charge in [0.25, 0.3) is 5.91 Å². The molecule has 208 valence electrons. The monoisotopic (exact) mass is 532 g/mol. The first-order valence-corrected chi connectivity index (χ1v) is 14.1. The summed E-state index contributed by atoms with van der Waals surface area (Å²) in [6.07, 6.45) is 5.69. The predicted molar refractivity (Wildman–Crippen MR) is 151 cm³/mol. The van der Waals surface area contributed by atoms with Gasteiger partial charge in [0, 0.05) is 63.7 Å². The first-order chi connectivity index (χ1) is 18.9.